The molecule has 1 aliphatic heterocycles. The second-order valence-corrected chi connectivity index (χ2v) is 15.7. The first-order chi connectivity index (χ1) is 30.2. The minimum absolute atomic E-state index is 0.409. The van der Waals surface area contributed by atoms with E-state index in [4.69, 9.17) is 14.4 Å². The molecule has 4 nitrogen and oxygen atoms in total. The van der Waals surface area contributed by atoms with Crippen molar-refractivity contribution in [2.45, 2.75) is 6.17 Å². The molecule has 1 unspecified atom stereocenters. The lowest BCUT2D eigenvalue weighted by Gasteiger charge is -2.25. The van der Waals surface area contributed by atoms with Gasteiger partial charge >= 0.3 is 0 Å². The molecule has 1 atom stereocenters. The van der Waals surface area contributed by atoms with Gasteiger partial charge < -0.3 is 9.73 Å². The minimum atomic E-state index is -0.409. The Hall–Kier alpha value is -8.08. The molecular weight excluding hydrogens is 743 g/mol. The third kappa shape index (κ3) is 6.08. The Balaban J connectivity index is 1.07. The molecule has 0 saturated heterocycles. The molecule has 0 amide bonds. The van der Waals surface area contributed by atoms with Gasteiger partial charge in [-0.2, -0.15) is 0 Å². The fraction of sp³-hybridized carbons (Fsp3) is 0.0175. The first-order valence-electron chi connectivity index (χ1n) is 20.8. The van der Waals surface area contributed by atoms with Crippen LogP contribution in [0, 0.1) is 0 Å². The summed E-state index contributed by atoms with van der Waals surface area (Å²) < 4.78 is 6.55. The van der Waals surface area contributed by atoms with Crippen LogP contribution in [0.5, 0.6) is 0 Å². The molecule has 0 aliphatic carbocycles. The standard InChI is InChI=1S/C57H37N3O/c1-2-13-37(14-3-1)45-17-8-9-18-46(45)39-24-26-40(27-25-39)48-32-33-52-53(49-20-10-11-21-51(49)61-52)54(48)57-59-55(43-30-22-36-12-4-5-16-42(36)34-43)58-56(60-57)44-31-29-41-28-23-38-15-6-7-19-47(38)50(41)35-44/h1-35,55H,(H,58,59,60). The molecule has 1 aliphatic rings. The van der Waals surface area contributed by atoms with Crippen molar-refractivity contribution in [3.63, 3.8) is 0 Å². The second kappa shape index (κ2) is 14.3. The highest BCUT2D eigenvalue weighted by atomic mass is 16.3. The van der Waals surface area contributed by atoms with Crippen molar-refractivity contribution in [3.8, 4) is 33.4 Å². The predicted molar refractivity (Wildman–Crippen MR) is 254 cm³/mol. The molecule has 0 fully saturated rings. The highest BCUT2D eigenvalue weighted by molar-refractivity contribution is 6.25. The topological polar surface area (TPSA) is 49.9 Å². The number of rotatable bonds is 6. The molecule has 61 heavy (non-hydrogen) atoms. The smallest absolute Gasteiger partial charge is 0.160 e. The first kappa shape index (κ1) is 34.9. The molecule has 0 saturated carbocycles. The quantitative estimate of drug-likeness (QED) is 0.171. The summed E-state index contributed by atoms with van der Waals surface area (Å²) in [6, 6.07) is 75.3. The van der Waals surface area contributed by atoms with E-state index in [-0.39, 0.29) is 0 Å². The minimum Gasteiger partial charge on any atom is -0.456 e. The average Bonchev–Trinajstić information content (AvgIpc) is 3.72. The number of amidine groups is 2. The van der Waals surface area contributed by atoms with Gasteiger partial charge in [0.2, 0.25) is 0 Å². The summed E-state index contributed by atoms with van der Waals surface area (Å²) in [5.41, 5.74) is 11.5. The molecule has 10 aromatic carbocycles. The predicted octanol–water partition coefficient (Wildman–Crippen LogP) is 14.5. The van der Waals surface area contributed by atoms with Crippen LogP contribution in [0.25, 0.3) is 87.6 Å². The molecular formula is C57H37N3O. The molecule has 0 spiro atoms. The van der Waals surface area contributed by atoms with Gasteiger partial charge in [-0.15, -0.1) is 0 Å². The maximum absolute atomic E-state index is 6.55. The summed E-state index contributed by atoms with van der Waals surface area (Å²) >= 11 is 0. The van der Waals surface area contributed by atoms with E-state index in [1.54, 1.807) is 0 Å². The number of nitrogens with zero attached hydrogens (tertiary/aromatic N) is 2. The van der Waals surface area contributed by atoms with E-state index in [0.29, 0.717) is 5.84 Å². The fourth-order valence-corrected chi connectivity index (χ4v) is 9.13. The maximum atomic E-state index is 6.55. The van der Waals surface area contributed by atoms with Crippen LogP contribution < -0.4 is 5.32 Å². The van der Waals surface area contributed by atoms with E-state index in [9.17, 15) is 0 Å². The highest BCUT2D eigenvalue weighted by Crippen LogP contribution is 2.40. The zero-order valence-corrected chi connectivity index (χ0v) is 33.1. The van der Waals surface area contributed by atoms with E-state index in [2.05, 4.69) is 206 Å². The molecule has 0 bridgehead atoms. The second-order valence-electron chi connectivity index (χ2n) is 15.7. The van der Waals surface area contributed by atoms with Crippen LogP contribution in [0.15, 0.2) is 227 Å². The van der Waals surface area contributed by atoms with Crippen LogP contribution in [-0.4, -0.2) is 11.7 Å². The van der Waals surface area contributed by atoms with Gasteiger partial charge in [0.1, 0.15) is 23.2 Å². The van der Waals surface area contributed by atoms with Crippen LogP contribution in [0.3, 0.4) is 0 Å². The summed E-state index contributed by atoms with van der Waals surface area (Å²) in [6.45, 7) is 0. The van der Waals surface area contributed by atoms with Crippen LogP contribution in [0.1, 0.15) is 22.9 Å². The van der Waals surface area contributed by atoms with E-state index < -0.39 is 6.17 Å². The number of hydrogen-bond donors (Lipinski definition) is 1. The number of nitrogens with one attached hydrogen (secondary N) is 1. The van der Waals surface area contributed by atoms with Gasteiger partial charge in [0, 0.05) is 21.9 Å². The summed E-state index contributed by atoms with van der Waals surface area (Å²) in [4.78, 5) is 11.0. The van der Waals surface area contributed by atoms with Crippen molar-refractivity contribution < 1.29 is 4.42 Å². The Bertz CT molecular complexity index is 3560. The van der Waals surface area contributed by atoms with Crippen molar-refractivity contribution in [2.75, 3.05) is 0 Å². The van der Waals surface area contributed by atoms with Crippen molar-refractivity contribution in [1.29, 1.82) is 0 Å². The Morgan fingerprint density at radius 3 is 1.79 bits per heavy atom. The van der Waals surface area contributed by atoms with E-state index >= 15 is 0 Å². The highest BCUT2D eigenvalue weighted by Gasteiger charge is 2.27. The SMILES string of the molecule is c1ccc(-c2ccccc2-c2ccc(-c3ccc4oc5ccccc5c4c3C3=NC(c4ccc5ccccc5c4)NC(c4ccc5ccc6ccccc6c5c4)=N3)cc2)cc1. The van der Waals surface area contributed by atoms with Crippen LogP contribution in [0.2, 0.25) is 0 Å². The normalized spacial score (nSPS) is 14.1. The first-order valence-corrected chi connectivity index (χ1v) is 20.8. The average molecular weight is 780 g/mol. The zero-order valence-electron chi connectivity index (χ0n) is 33.1. The summed E-state index contributed by atoms with van der Waals surface area (Å²) in [6.07, 6.45) is -0.409. The van der Waals surface area contributed by atoms with E-state index in [1.807, 2.05) is 12.1 Å². The number of para-hydroxylation sites is 1. The van der Waals surface area contributed by atoms with Gasteiger partial charge in [0.25, 0.3) is 0 Å². The van der Waals surface area contributed by atoms with Gasteiger partial charge in [-0.1, -0.05) is 182 Å². The molecule has 4 heteroatoms. The van der Waals surface area contributed by atoms with Gasteiger partial charge in [-0.25, -0.2) is 9.98 Å². The maximum Gasteiger partial charge on any atom is 0.160 e. The largest absolute Gasteiger partial charge is 0.456 e. The van der Waals surface area contributed by atoms with Crippen molar-refractivity contribution in [1.82, 2.24) is 5.32 Å². The molecule has 1 aromatic heterocycles. The summed E-state index contributed by atoms with van der Waals surface area (Å²) in [5.74, 6) is 1.41. The molecule has 286 valence electrons. The third-order valence-electron chi connectivity index (χ3n) is 12.1. The Kier molecular flexibility index (Phi) is 8.20. The summed E-state index contributed by atoms with van der Waals surface area (Å²) in [7, 11) is 0. The van der Waals surface area contributed by atoms with Crippen molar-refractivity contribution >= 4 is 65.9 Å². The van der Waals surface area contributed by atoms with Crippen molar-refractivity contribution in [2.24, 2.45) is 9.98 Å². The lowest BCUT2D eigenvalue weighted by molar-refractivity contribution is 0.668. The van der Waals surface area contributed by atoms with E-state index in [0.717, 1.165) is 66.5 Å². The number of fused-ring (bicyclic) bond motifs is 7. The lowest BCUT2D eigenvalue weighted by Crippen LogP contribution is -2.33. The summed E-state index contributed by atoms with van der Waals surface area (Å²) in [5, 5.41) is 13.0. The van der Waals surface area contributed by atoms with Crippen LogP contribution >= 0.6 is 0 Å². The molecule has 11 aromatic rings. The Labute approximate surface area is 352 Å². The lowest BCUT2D eigenvalue weighted by atomic mass is 9.91. The van der Waals surface area contributed by atoms with Crippen molar-refractivity contribution in [3.05, 3.63) is 229 Å². The van der Waals surface area contributed by atoms with E-state index in [1.165, 1.54) is 43.6 Å². The molecule has 12 rings (SSSR count). The van der Waals surface area contributed by atoms with Crippen LogP contribution in [-0.2, 0) is 0 Å². The third-order valence-corrected chi connectivity index (χ3v) is 12.1. The number of benzene rings is 10. The molecule has 1 N–H and O–H groups in total. The van der Waals surface area contributed by atoms with Gasteiger partial charge in [0.15, 0.2) is 5.84 Å². The Morgan fingerprint density at radius 2 is 0.984 bits per heavy atom. The van der Waals surface area contributed by atoms with Crippen LogP contribution in [0.4, 0.5) is 0 Å². The molecule has 0 radical (unpaired) electrons. The van der Waals surface area contributed by atoms with Gasteiger partial charge in [0.05, 0.1) is 0 Å². The number of furan rings is 1. The Morgan fingerprint density at radius 1 is 0.393 bits per heavy atom. The van der Waals surface area contributed by atoms with Gasteiger partial charge in [-0.3, -0.25) is 0 Å². The van der Waals surface area contributed by atoms with Gasteiger partial charge in [-0.05, 0) is 102 Å². The fourth-order valence-electron chi connectivity index (χ4n) is 9.13. The monoisotopic (exact) mass is 779 g/mol. The molecule has 2 heterocycles. The zero-order chi connectivity index (χ0) is 40.3. The number of hydrogen-bond acceptors (Lipinski definition) is 4. The number of aliphatic imine (C=N–C) groups is 2.